The molecule has 0 heterocycles. The van der Waals surface area contributed by atoms with Crippen molar-refractivity contribution in [2.75, 3.05) is 14.2 Å². The summed E-state index contributed by atoms with van der Waals surface area (Å²) in [7, 11) is 3.13. The van der Waals surface area contributed by atoms with E-state index in [2.05, 4.69) is 0 Å². The average molecular weight is 267 g/mol. The Morgan fingerprint density at radius 1 is 1.11 bits per heavy atom. The van der Waals surface area contributed by atoms with Crippen molar-refractivity contribution < 1.29 is 13.9 Å². The van der Waals surface area contributed by atoms with Crippen molar-refractivity contribution in [1.82, 2.24) is 0 Å². The van der Waals surface area contributed by atoms with Crippen LogP contribution in [0.15, 0.2) is 0 Å². The predicted molar refractivity (Wildman–Crippen MR) is 73.5 cm³/mol. The summed E-state index contributed by atoms with van der Waals surface area (Å²) in [6.45, 7) is 5.47. The quantitative estimate of drug-likeness (QED) is 0.912. The maximum absolute atomic E-state index is 14.4. The third-order valence-electron chi connectivity index (χ3n) is 4.37. The molecule has 106 valence electrons. The van der Waals surface area contributed by atoms with Crippen LogP contribution in [0.2, 0.25) is 0 Å². The number of hydrogen-bond donors (Lipinski definition) is 1. The fourth-order valence-corrected chi connectivity index (χ4v) is 3.05. The van der Waals surface area contributed by atoms with E-state index >= 15 is 0 Å². The molecule has 0 spiro atoms. The SMILES string of the molecule is COc1c(C)c(F)c(C)c(C2(C(C)N)CC2)c1OC. The summed E-state index contributed by atoms with van der Waals surface area (Å²) in [6, 6.07) is -0.0353. The summed E-state index contributed by atoms with van der Waals surface area (Å²) in [4.78, 5) is 0. The number of hydrogen-bond acceptors (Lipinski definition) is 3. The monoisotopic (exact) mass is 267 g/mol. The van der Waals surface area contributed by atoms with Gasteiger partial charge in [-0.3, -0.25) is 0 Å². The summed E-state index contributed by atoms with van der Waals surface area (Å²) in [5.74, 6) is 0.890. The van der Waals surface area contributed by atoms with Gasteiger partial charge in [0.2, 0.25) is 0 Å². The van der Waals surface area contributed by atoms with Gasteiger partial charge in [0, 0.05) is 22.6 Å². The molecule has 1 aromatic rings. The fourth-order valence-electron chi connectivity index (χ4n) is 3.05. The molecule has 1 aliphatic carbocycles. The number of ether oxygens (including phenoxy) is 2. The molecule has 4 heteroatoms. The first-order chi connectivity index (χ1) is 8.90. The first-order valence-electron chi connectivity index (χ1n) is 6.57. The first kappa shape index (κ1) is 14.1. The molecule has 2 N–H and O–H groups in total. The zero-order valence-corrected chi connectivity index (χ0v) is 12.3. The largest absolute Gasteiger partial charge is 0.493 e. The lowest BCUT2D eigenvalue weighted by atomic mass is 9.84. The van der Waals surface area contributed by atoms with Gasteiger partial charge in [-0.1, -0.05) is 0 Å². The molecule has 1 saturated carbocycles. The minimum absolute atomic E-state index is 0.0353. The van der Waals surface area contributed by atoms with Gasteiger partial charge in [-0.2, -0.15) is 0 Å². The van der Waals surface area contributed by atoms with E-state index in [4.69, 9.17) is 15.2 Å². The van der Waals surface area contributed by atoms with Gasteiger partial charge in [-0.05, 0) is 39.2 Å². The second-order valence-electron chi connectivity index (χ2n) is 5.45. The fraction of sp³-hybridized carbons (Fsp3) is 0.600. The molecule has 19 heavy (non-hydrogen) atoms. The summed E-state index contributed by atoms with van der Waals surface area (Å²) in [5, 5.41) is 0. The Labute approximate surface area is 113 Å². The van der Waals surface area contributed by atoms with Gasteiger partial charge in [0.05, 0.1) is 14.2 Å². The molecule has 0 aliphatic heterocycles. The van der Waals surface area contributed by atoms with Crippen LogP contribution in [-0.2, 0) is 5.41 Å². The number of benzene rings is 1. The van der Waals surface area contributed by atoms with Crippen molar-refractivity contribution >= 4 is 0 Å². The number of nitrogens with two attached hydrogens (primary N) is 1. The van der Waals surface area contributed by atoms with Crippen molar-refractivity contribution in [2.24, 2.45) is 5.73 Å². The Kier molecular flexibility index (Phi) is 3.47. The minimum atomic E-state index is -0.223. The Morgan fingerprint density at radius 3 is 2.00 bits per heavy atom. The van der Waals surface area contributed by atoms with Gasteiger partial charge < -0.3 is 15.2 Å². The average Bonchev–Trinajstić information content (AvgIpc) is 3.16. The lowest BCUT2D eigenvalue weighted by Crippen LogP contribution is -2.33. The summed E-state index contributed by atoms with van der Waals surface area (Å²) < 4.78 is 25.3. The van der Waals surface area contributed by atoms with Crippen LogP contribution >= 0.6 is 0 Å². The molecular formula is C15H22FNO2. The van der Waals surface area contributed by atoms with Crippen LogP contribution in [0.4, 0.5) is 4.39 Å². The van der Waals surface area contributed by atoms with Crippen LogP contribution in [0.5, 0.6) is 11.5 Å². The molecule has 0 bridgehead atoms. The smallest absolute Gasteiger partial charge is 0.166 e. The second kappa shape index (κ2) is 4.67. The molecule has 3 nitrogen and oxygen atoms in total. The molecule has 1 unspecified atom stereocenters. The highest BCUT2D eigenvalue weighted by Crippen LogP contribution is 2.57. The maximum Gasteiger partial charge on any atom is 0.166 e. The van der Waals surface area contributed by atoms with Crippen LogP contribution in [0.1, 0.15) is 36.5 Å². The van der Waals surface area contributed by atoms with E-state index in [1.165, 1.54) is 7.11 Å². The van der Waals surface area contributed by atoms with Gasteiger partial charge in [-0.15, -0.1) is 0 Å². The predicted octanol–water partition coefficient (Wildman–Crippen LogP) is 2.84. The summed E-state index contributed by atoms with van der Waals surface area (Å²) >= 11 is 0. The van der Waals surface area contributed by atoms with Gasteiger partial charge >= 0.3 is 0 Å². The van der Waals surface area contributed by atoms with Crippen LogP contribution in [0.3, 0.4) is 0 Å². The van der Waals surface area contributed by atoms with Gasteiger partial charge in [0.15, 0.2) is 11.5 Å². The molecular weight excluding hydrogens is 245 g/mol. The van der Waals surface area contributed by atoms with E-state index in [0.717, 1.165) is 18.4 Å². The Balaban J connectivity index is 2.76. The van der Waals surface area contributed by atoms with E-state index in [9.17, 15) is 4.39 Å². The van der Waals surface area contributed by atoms with Gasteiger partial charge in [0.25, 0.3) is 0 Å². The zero-order chi connectivity index (χ0) is 14.4. The number of rotatable bonds is 4. The second-order valence-corrected chi connectivity index (χ2v) is 5.45. The van der Waals surface area contributed by atoms with Crippen molar-refractivity contribution in [3.05, 3.63) is 22.5 Å². The van der Waals surface area contributed by atoms with Crippen LogP contribution in [0.25, 0.3) is 0 Å². The van der Waals surface area contributed by atoms with Gasteiger partial charge in [0.1, 0.15) is 5.82 Å². The van der Waals surface area contributed by atoms with Gasteiger partial charge in [-0.25, -0.2) is 4.39 Å². The molecule has 0 aromatic heterocycles. The molecule has 0 amide bonds. The Bertz CT molecular complexity index is 508. The van der Waals surface area contributed by atoms with E-state index < -0.39 is 0 Å². The molecule has 1 aliphatic rings. The topological polar surface area (TPSA) is 44.5 Å². The lowest BCUT2D eigenvalue weighted by molar-refractivity contribution is 0.339. The van der Waals surface area contributed by atoms with Crippen molar-refractivity contribution in [3.8, 4) is 11.5 Å². The number of halogens is 1. The lowest BCUT2D eigenvalue weighted by Gasteiger charge is -2.27. The summed E-state index contributed by atoms with van der Waals surface area (Å²) in [5.41, 5.74) is 7.94. The van der Waals surface area contributed by atoms with E-state index in [1.807, 2.05) is 6.92 Å². The molecule has 1 fully saturated rings. The molecule has 1 aromatic carbocycles. The third kappa shape index (κ3) is 1.89. The summed E-state index contributed by atoms with van der Waals surface area (Å²) in [6.07, 6.45) is 1.93. The minimum Gasteiger partial charge on any atom is -0.493 e. The molecule has 0 radical (unpaired) electrons. The van der Waals surface area contributed by atoms with E-state index in [-0.39, 0.29) is 17.3 Å². The Hall–Kier alpha value is -1.29. The molecule has 2 rings (SSSR count). The van der Waals surface area contributed by atoms with E-state index in [0.29, 0.717) is 22.6 Å². The van der Waals surface area contributed by atoms with Crippen LogP contribution < -0.4 is 15.2 Å². The Morgan fingerprint density at radius 2 is 1.63 bits per heavy atom. The first-order valence-corrected chi connectivity index (χ1v) is 6.57. The number of methoxy groups -OCH3 is 2. The maximum atomic E-state index is 14.4. The van der Waals surface area contributed by atoms with Crippen molar-refractivity contribution in [3.63, 3.8) is 0 Å². The van der Waals surface area contributed by atoms with Crippen molar-refractivity contribution in [2.45, 2.75) is 45.1 Å². The van der Waals surface area contributed by atoms with Crippen LogP contribution in [-0.4, -0.2) is 20.3 Å². The molecule has 0 saturated heterocycles. The molecule has 1 atom stereocenters. The normalized spacial score (nSPS) is 18.1. The third-order valence-corrected chi connectivity index (χ3v) is 4.37. The standard InChI is InChI=1S/C15H22FNO2/c1-8-11(15(6-7-15)10(3)17)14(19-5)13(18-4)9(2)12(8)16/h10H,6-7,17H2,1-5H3. The zero-order valence-electron chi connectivity index (χ0n) is 12.3. The van der Waals surface area contributed by atoms with E-state index in [1.54, 1.807) is 21.0 Å². The highest BCUT2D eigenvalue weighted by Gasteiger charge is 2.51. The highest BCUT2D eigenvalue weighted by molar-refractivity contribution is 5.60. The van der Waals surface area contributed by atoms with Crippen LogP contribution in [0, 0.1) is 19.7 Å². The highest BCUT2D eigenvalue weighted by atomic mass is 19.1. The van der Waals surface area contributed by atoms with Crippen molar-refractivity contribution in [1.29, 1.82) is 0 Å².